The third-order valence-corrected chi connectivity index (χ3v) is 6.50. The summed E-state index contributed by atoms with van der Waals surface area (Å²) in [5.74, 6) is 0.552. The lowest BCUT2D eigenvalue weighted by molar-refractivity contribution is -0.0974. The van der Waals surface area contributed by atoms with E-state index in [4.69, 9.17) is 0 Å². The molecule has 3 aliphatic rings. The van der Waals surface area contributed by atoms with E-state index in [0.29, 0.717) is 11.3 Å². The maximum Gasteiger partial charge on any atom is 0.0700 e. The molecule has 0 aromatic heterocycles. The molecule has 1 saturated heterocycles. The van der Waals surface area contributed by atoms with Gasteiger partial charge in [0.25, 0.3) is 0 Å². The lowest BCUT2D eigenvalue weighted by Crippen LogP contribution is -2.54. The summed E-state index contributed by atoms with van der Waals surface area (Å²) in [7, 11) is 0. The molecule has 0 radical (unpaired) electrons. The van der Waals surface area contributed by atoms with Crippen molar-refractivity contribution in [3.8, 4) is 0 Å². The Hall–Kier alpha value is 0.400. The molecule has 1 heterocycles. The largest absolute Gasteiger partial charge is 0.390 e. The molecule has 17 heavy (non-hydrogen) atoms. The van der Waals surface area contributed by atoms with Gasteiger partial charge in [0.05, 0.1) is 5.60 Å². The van der Waals surface area contributed by atoms with E-state index in [1.54, 1.807) is 0 Å². The first-order valence-corrected chi connectivity index (χ1v) is 8.29. The van der Waals surface area contributed by atoms with Gasteiger partial charge in [0, 0.05) is 30.9 Å². The summed E-state index contributed by atoms with van der Waals surface area (Å²) in [6.07, 6.45) is 8.65. The predicted molar refractivity (Wildman–Crippen MR) is 73.4 cm³/mol. The Balaban J connectivity index is 1.60. The Kier molecular flexibility index (Phi) is 3.29. The van der Waals surface area contributed by atoms with Crippen molar-refractivity contribution in [3.63, 3.8) is 0 Å². The monoisotopic (exact) mass is 301 g/mol. The van der Waals surface area contributed by atoms with Crippen molar-refractivity contribution >= 4 is 15.9 Å². The molecule has 3 heteroatoms. The number of piperidine rings is 1. The third-order valence-electron chi connectivity index (χ3n) is 5.31. The van der Waals surface area contributed by atoms with Crippen molar-refractivity contribution in [2.24, 2.45) is 11.3 Å². The van der Waals surface area contributed by atoms with Gasteiger partial charge < -0.3 is 10.0 Å². The second kappa shape index (κ2) is 4.50. The number of halogens is 1. The minimum atomic E-state index is -0.306. The highest BCUT2D eigenvalue weighted by Crippen LogP contribution is 2.49. The summed E-state index contributed by atoms with van der Waals surface area (Å²) in [5.41, 5.74) is 0.282. The minimum Gasteiger partial charge on any atom is -0.390 e. The van der Waals surface area contributed by atoms with Crippen LogP contribution in [0.2, 0.25) is 0 Å². The number of hydrogen-bond donors (Lipinski definition) is 1. The molecular formula is C14H24BrNO. The van der Waals surface area contributed by atoms with Crippen LogP contribution in [0.5, 0.6) is 0 Å². The second-order valence-electron chi connectivity index (χ2n) is 6.67. The van der Waals surface area contributed by atoms with E-state index in [0.717, 1.165) is 31.3 Å². The zero-order valence-corrected chi connectivity index (χ0v) is 12.2. The van der Waals surface area contributed by atoms with Crippen LogP contribution in [0, 0.1) is 11.3 Å². The normalized spacial score (nSPS) is 40.9. The zero-order valence-electron chi connectivity index (χ0n) is 10.6. The average Bonchev–Trinajstić information content (AvgIpc) is 3.10. The van der Waals surface area contributed by atoms with Crippen LogP contribution in [0.3, 0.4) is 0 Å². The van der Waals surface area contributed by atoms with Crippen LogP contribution in [0.15, 0.2) is 0 Å². The van der Waals surface area contributed by atoms with Crippen LogP contribution in [-0.2, 0) is 0 Å². The number of nitrogens with zero attached hydrogens (tertiary/aromatic N) is 1. The van der Waals surface area contributed by atoms with Crippen LogP contribution in [-0.4, -0.2) is 40.6 Å². The van der Waals surface area contributed by atoms with E-state index in [2.05, 4.69) is 20.8 Å². The van der Waals surface area contributed by atoms with Crippen molar-refractivity contribution < 1.29 is 5.11 Å². The Bertz CT molecular complexity index is 292. The minimum absolute atomic E-state index is 0.306. The average molecular weight is 302 g/mol. The molecule has 2 aliphatic carbocycles. The van der Waals surface area contributed by atoms with Crippen LogP contribution >= 0.6 is 15.9 Å². The molecule has 0 aromatic carbocycles. The summed E-state index contributed by atoms with van der Waals surface area (Å²) in [6, 6.07) is 0. The molecule has 0 bridgehead atoms. The van der Waals surface area contributed by atoms with E-state index in [1.807, 2.05) is 0 Å². The molecule has 0 aromatic rings. The molecular weight excluding hydrogens is 278 g/mol. The first kappa shape index (κ1) is 12.4. The molecule has 2 unspecified atom stereocenters. The summed E-state index contributed by atoms with van der Waals surface area (Å²) in [5, 5.41) is 11.8. The lowest BCUT2D eigenvalue weighted by Gasteiger charge is -2.48. The van der Waals surface area contributed by atoms with Gasteiger partial charge in [-0.2, -0.15) is 0 Å². The summed E-state index contributed by atoms with van der Waals surface area (Å²) in [4.78, 5) is 2.62. The van der Waals surface area contributed by atoms with Crippen LogP contribution < -0.4 is 0 Å². The van der Waals surface area contributed by atoms with E-state index < -0.39 is 0 Å². The number of rotatable bonds is 3. The van der Waals surface area contributed by atoms with Gasteiger partial charge in [0.15, 0.2) is 0 Å². The topological polar surface area (TPSA) is 23.5 Å². The lowest BCUT2D eigenvalue weighted by atomic mass is 9.71. The number of likely N-dealkylation sites (tertiary alicyclic amines) is 1. The fourth-order valence-electron chi connectivity index (χ4n) is 3.77. The Morgan fingerprint density at radius 1 is 1.18 bits per heavy atom. The second-order valence-corrected chi connectivity index (χ2v) is 7.23. The Morgan fingerprint density at radius 2 is 2.00 bits per heavy atom. The quantitative estimate of drug-likeness (QED) is 0.810. The zero-order chi connectivity index (χ0) is 11.9. The van der Waals surface area contributed by atoms with Gasteiger partial charge in [-0.3, -0.25) is 0 Å². The van der Waals surface area contributed by atoms with E-state index in [-0.39, 0.29) is 5.60 Å². The maximum absolute atomic E-state index is 10.6. The van der Waals surface area contributed by atoms with Gasteiger partial charge in [-0.15, -0.1) is 0 Å². The van der Waals surface area contributed by atoms with Gasteiger partial charge in [0.2, 0.25) is 0 Å². The molecule has 2 nitrogen and oxygen atoms in total. The molecule has 1 N–H and O–H groups in total. The van der Waals surface area contributed by atoms with Gasteiger partial charge in [-0.1, -0.05) is 28.8 Å². The van der Waals surface area contributed by atoms with Crippen molar-refractivity contribution in [3.05, 3.63) is 0 Å². The van der Waals surface area contributed by atoms with Crippen LogP contribution in [0.25, 0.3) is 0 Å². The first-order chi connectivity index (χ1) is 8.16. The number of fused-ring (bicyclic) bond motifs is 1. The molecule has 3 rings (SSSR count). The SMILES string of the molecule is OC12CCCCC1CN(CC1(CBr)CC1)CC2. The number of hydrogen-bond acceptors (Lipinski definition) is 2. The van der Waals surface area contributed by atoms with Crippen LogP contribution in [0.4, 0.5) is 0 Å². The highest BCUT2D eigenvalue weighted by atomic mass is 79.9. The molecule has 3 fully saturated rings. The van der Waals surface area contributed by atoms with Gasteiger partial charge >= 0.3 is 0 Å². The number of aliphatic hydroxyl groups is 1. The Labute approximate surface area is 113 Å². The van der Waals surface area contributed by atoms with Gasteiger partial charge in [-0.25, -0.2) is 0 Å². The third kappa shape index (κ3) is 2.43. The van der Waals surface area contributed by atoms with E-state index in [9.17, 15) is 5.11 Å². The molecule has 0 spiro atoms. The highest BCUT2D eigenvalue weighted by molar-refractivity contribution is 9.09. The predicted octanol–water partition coefficient (Wildman–Crippen LogP) is 2.79. The van der Waals surface area contributed by atoms with Gasteiger partial charge in [0.1, 0.15) is 0 Å². The van der Waals surface area contributed by atoms with Crippen molar-refractivity contribution in [2.75, 3.05) is 25.0 Å². The summed E-state index contributed by atoms with van der Waals surface area (Å²) in [6.45, 7) is 3.51. The number of alkyl halides is 1. The fraction of sp³-hybridized carbons (Fsp3) is 1.00. The standard InChI is InChI=1S/C14H24BrNO/c15-10-13(5-6-13)11-16-8-7-14(17)4-2-1-3-12(14)9-16/h12,17H,1-11H2. The van der Waals surface area contributed by atoms with Crippen molar-refractivity contribution in [1.82, 2.24) is 4.90 Å². The molecule has 1 aliphatic heterocycles. The smallest absolute Gasteiger partial charge is 0.0700 e. The maximum atomic E-state index is 10.6. The van der Waals surface area contributed by atoms with Crippen molar-refractivity contribution in [1.29, 1.82) is 0 Å². The summed E-state index contributed by atoms with van der Waals surface area (Å²) >= 11 is 3.66. The molecule has 2 saturated carbocycles. The van der Waals surface area contributed by atoms with Crippen molar-refractivity contribution in [2.45, 2.75) is 50.5 Å². The summed E-state index contributed by atoms with van der Waals surface area (Å²) < 4.78 is 0. The van der Waals surface area contributed by atoms with Crippen LogP contribution in [0.1, 0.15) is 44.9 Å². The molecule has 0 amide bonds. The van der Waals surface area contributed by atoms with Gasteiger partial charge in [-0.05, 0) is 37.5 Å². The Morgan fingerprint density at radius 3 is 2.71 bits per heavy atom. The fourth-order valence-corrected chi connectivity index (χ4v) is 4.51. The van der Waals surface area contributed by atoms with E-state index >= 15 is 0 Å². The first-order valence-electron chi connectivity index (χ1n) is 7.17. The molecule has 2 atom stereocenters. The highest BCUT2D eigenvalue weighted by Gasteiger charge is 2.47. The van der Waals surface area contributed by atoms with E-state index in [1.165, 1.54) is 38.6 Å². The molecule has 98 valence electrons.